The number of piperidine rings is 2. The number of alkyl halides is 2. The molecule has 5 atom stereocenters. The first-order valence-electron chi connectivity index (χ1n) is 21.4. The fourth-order valence-electron chi connectivity index (χ4n) is 9.85. The number of carbonyl (C=O) groups excluding carboxylic acids is 6. The molecule has 59 heavy (non-hydrogen) atoms. The molecule has 0 radical (unpaired) electrons. The minimum Gasteiger partial charge on any atom is -0.370 e. The van der Waals surface area contributed by atoms with E-state index in [0.29, 0.717) is 43.3 Å². The number of rotatable bonds is 13. The lowest BCUT2D eigenvalue weighted by atomic mass is 9.76. The van der Waals surface area contributed by atoms with Crippen LogP contribution in [-0.2, 0) is 36.3 Å². The van der Waals surface area contributed by atoms with Crippen LogP contribution in [0.2, 0.25) is 0 Å². The summed E-state index contributed by atoms with van der Waals surface area (Å²) >= 11 is 0. The van der Waals surface area contributed by atoms with E-state index in [2.05, 4.69) is 15.6 Å². The number of Topliss-reactive ketones (excluding diaryl/α,β-unsaturated/α-hetero) is 1. The highest BCUT2D eigenvalue weighted by Gasteiger charge is 2.45. The number of likely N-dealkylation sites (tertiary alicyclic amines) is 1. The summed E-state index contributed by atoms with van der Waals surface area (Å²) in [6.45, 7) is 2.13. The fourth-order valence-corrected chi connectivity index (χ4v) is 9.85. The third-order valence-electron chi connectivity index (χ3n) is 13.0. The van der Waals surface area contributed by atoms with Crippen LogP contribution in [0.3, 0.4) is 0 Å². The van der Waals surface area contributed by atoms with Crippen molar-refractivity contribution in [3.63, 3.8) is 0 Å². The van der Waals surface area contributed by atoms with Gasteiger partial charge in [0.1, 0.15) is 17.8 Å². The Hall–Kier alpha value is -5.14. The summed E-state index contributed by atoms with van der Waals surface area (Å²) in [5.41, 5.74) is 7.63. The Balaban J connectivity index is 1.13. The number of aromatic nitrogens is 1. The molecule has 0 spiro atoms. The van der Waals surface area contributed by atoms with Gasteiger partial charge in [-0.2, -0.15) is 0 Å². The zero-order valence-electron chi connectivity index (χ0n) is 33.8. The Morgan fingerprint density at radius 2 is 1.64 bits per heavy atom. The molecule has 0 bridgehead atoms. The van der Waals surface area contributed by atoms with Crippen molar-refractivity contribution in [1.82, 2.24) is 25.4 Å². The molecular formula is C45H56F2N6O6. The van der Waals surface area contributed by atoms with Crippen LogP contribution in [0, 0.1) is 11.8 Å². The summed E-state index contributed by atoms with van der Waals surface area (Å²) in [5.74, 6) is -6.13. The number of amides is 5. The van der Waals surface area contributed by atoms with E-state index in [-0.39, 0.29) is 54.5 Å². The molecule has 7 rings (SSSR count). The van der Waals surface area contributed by atoms with Crippen LogP contribution in [-0.4, -0.2) is 81.3 Å². The van der Waals surface area contributed by atoms with Crippen molar-refractivity contribution in [3.8, 4) is 0 Å². The molecule has 1 aromatic heterocycles. The maximum absolute atomic E-state index is 14.7. The summed E-state index contributed by atoms with van der Waals surface area (Å²) in [5, 5.41) is 6.20. The molecule has 2 saturated heterocycles. The third-order valence-corrected chi connectivity index (χ3v) is 13.0. The second-order valence-electron chi connectivity index (χ2n) is 17.1. The molecule has 4 aliphatic rings. The highest BCUT2D eigenvalue weighted by Crippen LogP contribution is 2.40. The van der Waals surface area contributed by atoms with E-state index in [1.807, 2.05) is 29.2 Å². The van der Waals surface area contributed by atoms with Crippen LogP contribution >= 0.6 is 0 Å². The van der Waals surface area contributed by atoms with Gasteiger partial charge in [-0.1, -0.05) is 49.6 Å². The largest absolute Gasteiger partial charge is 0.370 e. The predicted octanol–water partition coefficient (Wildman–Crippen LogP) is 5.98. The van der Waals surface area contributed by atoms with Gasteiger partial charge >= 0.3 is 0 Å². The molecule has 1 saturated carbocycles. The second-order valence-corrected chi connectivity index (χ2v) is 17.1. The fraction of sp³-hybridized carbons (Fsp3) is 0.556. The van der Waals surface area contributed by atoms with E-state index < -0.39 is 59.6 Å². The van der Waals surface area contributed by atoms with Crippen LogP contribution < -0.4 is 16.4 Å². The first-order valence-corrected chi connectivity index (χ1v) is 21.4. The first-order chi connectivity index (χ1) is 28.3. The minimum absolute atomic E-state index is 0.0123. The third kappa shape index (κ3) is 9.52. The van der Waals surface area contributed by atoms with Crippen molar-refractivity contribution in [3.05, 3.63) is 70.9 Å². The van der Waals surface area contributed by atoms with Gasteiger partial charge in [-0.15, -0.1) is 0 Å². The van der Waals surface area contributed by atoms with Crippen LogP contribution in [0.5, 0.6) is 0 Å². The second kappa shape index (κ2) is 18.0. The lowest BCUT2D eigenvalue weighted by Gasteiger charge is -2.42. The molecule has 3 aromatic rings. The van der Waals surface area contributed by atoms with Crippen LogP contribution in [0.25, 0.3) is 10.9 Å². The van der Waals surface area contributed by atoms with E-state index >= 15 is 0 Å². The Morgan fingerprint density at radius 3 is 2.37 bits per heavy atom. The number of nitrogens with zero attached hydrogens (tertiary/aromatic N) is 2. The van der Waals surface area contributed by atoms with Gasteiger partial charge in [-0.25, -0.2) is 8.78 Å². The zero-order valence-corrected chi connectivity index (χ0v) is 33.8. The molecule has 5 N–H and O–H groups in total. The lowest BCUT2D eigenvalue weighted by molar-refractivity contribution is -0.148. The van der Waals surface area contributed by atoms with Crippen molar-refractivity contribution in [2.45, 2.75) is 133 Å². The number of hydrogen-bond donors (Lipinski definition) is 4. The number of nitrogens with one attached hydrogen (secondary N) is 3. The van der Waals surface area contributed by atoms with Gasteiger partial charge in [0.15, 0.2) is 5.78 Å². The van der Waals surface area contributed by atoms with Gasteiger partial charge in [0.25, 0.3) is 11.8 Å². The molecule has 5 amide bonds. The number of halogens is 2. The number of H-pyrrole nitrogens is 1. The topological polar surface area (TPSA) is 175 Å². The number of ketones is 1. The van der Waals surface area contributed by atoms with Crippen molar-refractivity contribution in [1.29, 1.82) is 0 Å². The van der Waals surface area contributed by atoms with Crippen molar-refractivity contribution >= 4 is 46.2 Å². The van der Waals surface area contributed by atoms with E-state index in [1.165, 1.54) is 29.2 Å². The highest BCUT2D eigenvalue weighted by molar-refractivity contribution is 6.01. The monoisotopic (exact) mass is 814 g/mol. The minimum atomic E-state index is -3.07. The van der Waals surface area contributed by atoms with Crippen LogP contribution in [0.4, 0.5) is 8.78 Å². The summed E-state index contributed by atoms with van der Waals surface area (Å²) in [6, 6.07) is 9.46. The molecule has 3 fully saturated rings. The molecule has 3 aliphatic heterocycles. The number of hydrogen-bond acceptors (Lipinski definition) is 6. The molecule has 316 valence electrons. The zero-order chi connectivity index (χ0) is 41.8. The van der Waals surface area contributed by atoms with E-state index in [4.69, 9.17) is 5.73 Å². The summed E-state index contributed by atoms with van der Waals surface area (Å²) in [6.07, 6.45) is 9.09. The SMILES string of the molecule is CC(F)(F)c1ccc2[nH]c(C(=O)N[C@H]3Cc4ccccc4[C@H]4CCC[C@@H](C(=O)N[C@@H](CCC(N)=O)C(=O)C[C@H](C(=O)N5CCCCC5)C5CCCCC5)N4C3=O)cc2c1. The Labute approximate surface area is 343 Å². The standard InChI is InChI=1S/C45H56F2N6O6/c1-45(46,47)30-17-18-33-29(23-30)25-35(49-33)41(56)51-36-24-28-13-6-7-14-31(28)37-15-10-16-38(53(37)44(36)59)42(57)50-34(19-20-40(48)55)39(54)26-32(27-11-4-2-5-12-27)43(58)52-21-8-3-9-22-52/h6-7,13-14,17-18,23,25,27,32,34,36-38,49H,2-5,8-12,15-16,19-22,24,26H2,1H3,(H2,48,55)(H,50,57)(H,51,56)/t32-,34-,36-,37+,38-/m0/s1. The summed E-state index contributed by atoms with van der Waals surface area (Å²) in [4.78, 5) is 89.7. The normalized spacial score (nSPS) is 22.4. The Bertz CT molecular complexity index is 2070. The van der Waals surface area contributed by atoms with Gasteiger partial charge in [0, 0.05) is 61.7 Å². The maximum atomic E-state index is 14.7. The molecule has 14 heteroatoms. The number of benzene rings is 2. The molecule has 0 unspecified atom stereocenters. The van der Waals surface area contributed by atoms with E-state index in [9.17, 15) is 37.5 Å². The number of primary amides is 1. The van der Waals surface area contributed by atoms with E-state index in [0.717, 1.165) is 69.4 Å². The number of carbonyl (C=O) groups is 6. The van der Waals surface area contributed by atoms with Gasteiger partial charge in [-0.3, -0.25) is 28.8 Å². The van der Waals surface area contributed by atoms with Gasteiger partial charge in [-0.05, 0) is 93.0 Å². The molecular weight excluding hydrogens is 759 g/mol. The van der Waals surface area contributed by atoms with Gasteiger partial charge in [0.05, 0.1) is 12.1 Å². The van der Waals surface area contributed by atoms with Crippen molar-refractivity contribution in [2.24, 2.45) is 17.6 Å². The first kappa shape index (κ1) is 42.0. The van der Waals surface area contributed by atoms with Crippen LogP contribution in [0.1, 0.15) is 130 Å². The summed E-state index contributed by atoms with van der Waals surface area (Å²) in [7, 11) is 0. The molecule has 12 nitrogen and oxygen atoms in total. The van der Waals surface area contributed by atoms with Crippen molar-refractivity contribution < 1.29 is 37.5 Å². The number of nitrogens with two attached hydrogens (primary N) is 1. The van der Waals surface area contributed by atoms with Crippen LogP contribution in [0.15, 0.2) is 48.5 Å². The molecule has 1 aliphatic carbocycles. The quantitative estimate of drug-likeness (QED) is 0.165. The predicted molar refractivity (Wildman–Crippen MR) is 217 cm³/mol. The molecule has 2 aromatic carbocycles. The molecule has 4 heterocycles. The average Bonchev–Trinajstić information content (AvgIpc) is 3.63. The number of aromatic amines is 1. The highest BCUT2D eigenvalue weighted by atomic mass is 19.3. The Kier molecular flexibility index (Phi) is 12.8. The summed E-state index contributed by atoms with van der Waals surface area (Å²) < 4.78 is 28.1. The number of fused-ring (bicyclic) bond motifs is 4. The Morgan fingerprint density at radius 1 is 0.915 bits per heavy atom. The lowest BCUT2D eigenvalue weighted by Crippen LogP contribution is -2.59. The van der Waals surface area contributed by atoms with Gasteiger partial charge in [0.2, 0.25) is 23.6 Å². The average molecular weight is 815 g/mol. The van der Waals surface area contributed by atoms with Crippen molar-refractivity contribution in [2.75, 3.05) is 13.1 Å². The van der Waals surface area contributed by atoms with Gasteiger partial charge < -0.3 is 31.2 Å². The maximum Gasteiger partial charge on any atom is 0.270 e. The smallest absolute Gasteiger partial charge is 0.270 e. The van der Waals surface area contributed by atoms with E-state index in [1.54, 1.807) is 0 Å².